The summed E-state index contributed by atoms with van der Waals surface area (Å²) in [4.78, 5) is 0. The number of hydrogen-bond acceptors (Lipinski definition) is 3. The fourth-order valence-electron chi connectivity index (χ4n) is 8.84. The molecule has 3 saturated carbocycles. The van der Waals surface area contributed by atoms with Crippen molar-refractivity contribution >= 4 is 0 Å². The van der Waals surface area contributed by atoms with Crippen LogP contribution in [-0.2, 0) is 6.54 Å². The van der Waals surface area contributed by atoms with Crippen molar-refractivity contribution < 1.29 is 5.11 Å². The minimum Gasteiger partial charge on any atom is -0.396 e. The van der Waals surface area contributed by atoms with Gasteiger partial charge >= 0.3 is 0 Å². The Bertz CT molecular complexity index is 810. The molecule has 4 nitrogen and oxygen atoms in total. The van der Waals surface area contributed by atoms with E-state index in [4.69, 9.17) is 5.26 Å². The van der Waals surface area contributed by atoms with Crippen LogP contribution in [0.25, 0.3) is 0 Å². The molecular weight excluding hydrogens is 406 g/mol. The second-order valence-corrected chi connectivity index (χ2v) is 12.5. The van der Waals surface area contributed by atoms with Crippen LogP contribution in [-0.4, -0.2) is 21.5 Å². The highest BCUT2D eigenvalue weighted by atomic mass is 16.2. The Balaban J connectivity index is 1.46. The normalized spacial score (nSPS) is 36.9. The van der Waals surface area contributed by atoms with Gasteiger partial charge in [0.2, 0.25) is 0 Å². The van der Waals surface area contributed by atoms with Crippen molar-refractivity contribution in [2.24, 2.45) is 52.8 Å². The van der Waals surface area contributed by atoms with Crippen molar-refractivity contribution in [1.29, 1.82) is 5.26 Å². The molecule has 0 spiro atoms. The van der Waals surface area contributed by atoms with Gasteiger partial charge in [0.1, 0.15) is 6.07 Å². The molecule has 0 aromatic carbocycles. The monoisotopic (exact) mass is 453 g/mol. The summed E-state index contributed by atoms with van der Waals surface area (Å²) in [6.45, 7) is 11.1. The summed E-state index contributed by atoms with van der Waals surface area (Å²) in [5.74, 6) is 6.53. The minimum absolute atomic E-state index is 0.354. The highest BCUT2D eigenvalue weighted by Gasteiger charge is 2.57. The van der Waals surface area contributed by atoms with Gasteiger partial charge in [-0.3, -0.25) is 4.68 Å². The fraction of sp³-hybridized carbons (Fsp3) is 0.862. The molecule has 1 aromatic rings. The van der Waals surface area contributed by atoms with E-state index < -0.39 is 0 Å². The summed E-state index contributed by atoms with van der Waals surface area (Å²) in [6.07, 6.45) is 17.0. The van der Waals surface area contributed by atoms with Crippen LogP contribution in [0.1, 0.15) is 97.5 Å². The topological polar surface area (TPSA) is 61.8 Å². The number of rotatable bonds is 9. The molecule has 184 valence electrons. The number of nitriles is 1. The van der Waals surface area contributed by atoms with Crippen molar-refractivity contribution in [3.8, 4) is 6.07 Å². The van der Waals surface area contributed by atoms with E-state index in [0.717, 1.165) is 54.4 Å². The molecule has 8 atom stereocenters. The van der Waals surface area contributed by atoms with E-state index in [2.05, 4.69) is 38.9 Å². The van der Waals surface area contributed by atoms with Crippen molar-refractivity contribution in [2.45, 2.75) is 98.4 Å². The third-order valence-corrected chi connectivity index (χ3v) is 10.3. The van der Waals surface area contributed by atoms with E-state index in [9.17, 15) is 5.11 Å². The van der Waals surface area contributed by atoms with Crippen LogP contribution in [0.15, 0.2) is 12.4 Å². The molecule has 3 aliphatic carbocycles. The second-order valence-electron chi connectivity index (χ2n) is 12.5. The lowest BCUT2D eigenvalue weighted by atomic mass is 9.50. The first-order valence-electron chi connectivity index (χ1n) is 13.9. The first-order chi connectivity index (χ1) is 15.9. The molecule has 0 aliphatic heterocycles. The zero-order valence-corrected chi connectivity index (χ0v) is 21.5. The largest absolute Gasteiger partial charge is 0.396 e. The van der Waals surface area contributed by atoms with Crippen LogP contribution >= 0.6 is 0 Å². The molecule has 33 heavy (non-hydrogen) atoms. The molecule has 4 heteroatoms. The van der Waals surface area contributed by atoms with Crippen molar-refractivity contribution in [1.82, 2.24) is 9.78 Å². The maximum absolute atomic E-state index is 9.60. The number of aliphatic hydroxyl groups excluding tert-OH is 1. The Hall–Kier alpha value is -1.34. The van der Waals surface area contributed by atoms with Crippen molar-refractivity contribution in [3.05, 3.63) is 18.0 Å². The predicted octanol–water partition coefficient (Wildman–Crippen LogP) is 6.68. The Morgan fingerprint density at radius 1 is 1.15 bits per heavy atom. The summed E-state index contributed by atoms with van der Waals surface area (Å²) in [5, 5.41) is 23.2. The van der Waals surface area contributed by atoms with Gasteiger partial charge in [-0.15, -0.1) is 0 Å². The predicted molar refractivity (Wildman–Crippen MR) is 133 cm³/mol. The molecule has 3 aliphatic rings. The molecular formula is C29H47N3O. The zero-order valence-electron chi connectivity index (χ0n) is 21.5. The van der Waals surface area contributed by atoms with Gasteiger partial charge in [0.15, 0.2) is 0 Å². The van der Waals surface area contributed by atoms with Crippen molar-refractivity contribution in [2.75, 3.05) is 6.61 Å². The second kappa shape index (κ2) is 10.5. The van der Waals surface area contributed by atoms with Gasteiger partial charge in [0, 0.05) is 19.3 Å². The number of hydrogen-bond donors (Lipinski definition) is 1. The van der Waals surface area contributed by atoms with E-state index in [1.165, 1.54) is 57.8 Å². The standard InChI is InChI=1S/C29H47N3O/c1-20(2)7-8-23-9-10-26-25(24(23)6-5-15-33)13-14-29(4)27(11-12-28(26)29)21(3)18-32-19-22(16-30)17-31-32/h17,19-21,23-28,33H,5-15,18H2,1-4H3/t21-,23-,24-,25+,26+,27?,28-,29+/m0/s1. The minimum atomic E-state index is 0.354. The third-order valence-electron chi connectivity index (χ3n) is 10.3. The average Bonchev–Trinajstić information content (AvgIpc) is 3.39. The van der Waals surface area contributed by atoms with Crippen LogP contribution in [0.2, 0.25) is 0 Å². The maximum Gasteiger partial charge on any atom is 0.102 e. The van der Waals surface area contributed by atoms with Gasteiger partial charge in [-0.2, -0.15) is 10.4 Å². The Morgan fingerprint density at radius 2 is 1.97 bits per heavy atom. The average molecular weight is 454 g/mol. The molecule has 0 radical (unpaired) electrons. The highest BCUT2D eigenvalue weighted by Crippen LogP contribution is 2.65. The molecule has 3 fully saturated rings. The summed E-state index contributed by atoms with van der Waals surface area (Å²) < 4.78 is 2.00. The smallest absolute Gasteiger partial charge is 0.102 e. The van der Waals surface area contributed by atoms with Crippen LogP contribution in [0.3, 0.4) is 0 Å². The molecule has 1 heterocycles. The molecule has 4 rings (SSSR count). The molecule has 0 saturated heterocycles. The first-order valence-corrected chi connectivity index (χ1v) is 13.9. The lowest BCUT2D eigenvalue weighted by Crippen LogP contribution is -2.48. The van der Waals surface area contributed by atoms with Gasteiger partial charge in [-0.05, 0) is 111 Å². The van der Waals surface area contributed by atoms with Gasteiger partial charge in [0.05, 0.1) is 11.8 Å². The fourth-order valence-corrected chi connectivity index (χ4v) is 8.84. The van der Waals surface area contributed by atoms with E-state index in [0.29, 0.717) is 23.5 Å². The number of aliphatic hydroxyl groups is 1. The van der Waals surface area contributed by atoms with E-state index in [1.54, 1.807) is 6.20 Å². The van der Waals surface area contributed by atoms with Crippen molar-refractivity contribution in [3.63, 3.8) is 0 Å². The lowest BCUT2D eigenvalue weighted by molar-refractivity contribution is -0.0648. The Kier molecular flexibility index (Phi) is 7.89. The summed E-state index contributed by atoms with van der Waals surface area (Å²) in [5.41, 5.74) is 1.12. The van der Waals surface area contributed by atoms with E-state index in [-0.39, 0.29) is 0 Å². The number of aromatic nitrogens is 2. The molecule has 1 aromatic heterocycles. The SMILES string of the molecule is CC(C)CC[C@H]1CC[C@@H]2[C@H](CC[C@]3(C)C([C@@H](C)Cn4cc(C#N)cn4)CC[C@@H]23)[C@H]1CCCO. The summed E-state index contributed by atoms with van der Waals surface area (Å²) in [7, 11) is 0. The van der Waals surface area contributed by atoms with Crippen LogP contribution < -0.4 is 0 Å². The quantitative estimate of drug-likeness (QED) is 0.453. The van der Waals surface area contributed by atoms with Crippen LogP contribution in [0, 0.1) is 64.1 Å². The van der Waals surface area contributed by atoms with Gasteiger partial charge in [-0.1, -0.05) is 34.1 Å². The Morgan fingerprint density at radius 3 is 2.67 bits per heavy atom. The third kappa shape index (κ3) is 5.04. The zero-order chi connectivity index (χ0) is 23.6. The Labute approximate surface area is 202 Å². The van der Waals surface area contributed by atoms with E-state index in [1.807, 2.05) is 10.9 Å². The molecule has 0 bridgehead atoms. The maximum atomic E-state index is 9.60. The van der Waals surface area contributed by atoms with Gasteiger partial charge in [-0.25, -0.2) is 0 Å². The first kappa shape index (κ1) is 24.8. The number of fused-ring (bicyclic) bond motifs is 3. The molecule has 1 N–H and O–H groups in total. The highest BCUT2D eigenvalue weighted by molar-refractivity contribution is 5.21. The summed E-state index contributed by atoms with van der Waals surface area (Å²) in [6, 6.07) is 2.21. The van der Waals surface area contributed by atoms with Crippen LogP contribution in [0.5, 0.6) is 0 Å². The lowest BCUT2D eigenvalue weighted by Gasteiger charge is -2.55. The van der Waals surface area contributed by atoms with E-state index >= 15 is 0 Å². The number of nitrogens with zero attached hydrogens (tertiary/aromatic N) is 3. The van der Waals surface area contributed by atoms with Gasteiger partial charge in [0.25, 0.3) is 0 Å². The molecule has 0 amide bonds. The van der Waals surface area contributed by atoms with Gasteiger partial charge < -0.3 is 5.11 Å². The molecule has 1 unspecified atom stereocenters. The summed E-state index contributed by atoms with van der Waals surface area (Å²) >= 11 is 0. The van der Waals surface area contributed by atoms with Crippen LogP contribution in [0.4, 0.5) is 0 Å².